The van der Waals surface area contributed by atoms with Gasteiger partial charge in [-0.1, -0.05) is 54.2 Å². The molecule has 8 rings (SSSR count). The van der Waals surface area contributed by atoms with Gasteiger partial charge in [0.15, 0.2) is 0 Å². The Morgan fingerprint density at radius 3 is 2.21 bits per heavy atom. The Bertz CT molecular complexity index is 1960. The van der Waals surface area contributed by atoms with Gasteiger partial charge >= 0.3 is 0 Å². The van der Waals surface area contributed by atoms with Crippen LogP contribution in [0.15, 0.2) is 121 Å². The second-order valence-electron chi connectivity index (χ2n) is 8.58. The van der Waals surface area contributed by atoms with Crippen LogP contribution in [0.3, 0.4) is 0 Å². The van der Waals surface area contributed by atoms with Gasteiger partial charge in [0.2, 0.25) is 5.78 Å². The van der Waals surface area contributed by atoms with Crippen LogP contribution in [-0.4, -0.2) is 18.9 Å². The van der Waals surface area contributed by atoms with Gasteiger partial charge in [-0.15, -0.1) is 29.7 Å². The Morgan fingerprint density at radius 2 is 1.42 bits per heavy atom. The monoisotopic (exact) mass is 685 g/mol. The second-order valence-corrected chi connectivity index (χ2v) is 9.63. The standard InChI is InChI=1S/C19H12N3.C13H8NS.Ir/c1-2-8-14(9-3-1)21-17-12-6-7-13-18(17)22-16-11-5-4-10-15(16)20-19(21)22;1-2-7-12-10(5-1)9-13(15-12)11-6-3-4-8-14-11;/h1-8,10-13H;1-8H;/q2*-1;. The molecule has 0 aliphatic carbocycles. The summed E-state index contributed by atoms with van der Waals surface area (Å²) >= 11 is 1.73. The number of thiophene rings is 1. The molecule has 6 heteroatoms. The van der Waals surface area contributed by atoms with Crippen LogP contribution in [0.5, 0.6) is 0 Å². The third-order valence-corrected chi connectivity index (χ3v) is 7.38. The van der Waals surface area contributed by atoms with Crippen molar-refractivity contribution >= 4 is 49.3 Å². The molecule has 4 aromatic carbocycles. The normalized spacial score (nSPS) is 10.9. The molecule has 38 heavy (non-hydrogen) atoms. The molecule has 4 heterocycles. The van der Waals surface area contributed by atoms with Crippen LogP contribution in [0.2, 0.25) is 0 Å². The number of aromatic nitrogens is 4. The van der Waals surface area contributed by atoms with Crippen molar-refractivity contribution in [1.82, 2.24) is 18.9 Å². The summed E-state index contributed by atoms with van der Waals surface area (Å²) in [5.41, 5.74) is 6.43. The molecule has 0 unspecified atom stereocenters. The van der Waals surface area contributed by atoms with E-state index in [1.807, 2.05) is 54.7 Å². The predicted molar refractivity (Wildman–Crippen MR) is 152 cm³/mol. The molecule has 0 amide bonds. The smallest absolute Gasteiger partial charge is 0.218 e. The molecule has 4 aromatic heterocycles. The Hall–Kier alpha value is -4.09. The van der Waals surface area contributed by atoms with Crippen LogP contribution in [-0.2, 0) is 20.1 Å². The maximum Gasteiger partial charge on any atom is 0.218 e. The molecular formula is C32H20IrN4S-2. The molecule has 0 saturated heterocycles. The fourth-order valence-corrected chi connectivity index (χ4v) is 5.62. The van der Waals surface area contributed by atoms with Crippen molar-refractivity contribution in [2.75, 3.05) is 0 Å². The van der Waals surface area contributed by atoms with Crippen molar-refractivity contribution in [3.63, 3.8) is 0 Å². The minimum absolute atomic E-state index is 0. The minimum Gasteiger partial charge on any atom is -0.303 e. The van der Waals surface area contributed by atoms with Crippen molar-refractivity contribution in [1.29, 1.82) is 0 Å². The molecule has 0 N–H and O–H groups in total. The van der Waals surface area contributed by atoms with Crippen molar-refractivity contribution in [3.05, 3.63) is 134 Å². The number of para-hydroxylation sites is 5. The van der Waals surface area contributed by atoms with E-state index in [0.29, 0.717) is 0 Å². The summed E-state index contributed by atoms with van der Waals surface area (Å²) in [6.07, 6.45) is 1.81. The van der Waals surface area contributed by atoms with E-state index in [9.17, 15) is 0 Å². The molecule has 0 aliphatic heterocycles. The molecule has 0 spiro atoms. The fraction of sp³-hybridized carbons (Fsp3) is 0. The Kier molecular flexibility index (Phi) is 6.60. The van der Waals surface area contributed by atoms with Crippen LogP contribution in [0.4, 0.5) is 0 Å². The van der Waals surface area contributed by atoms with E-state index >= 15 is 0 Å². The first-order valence-corrected chi connectivity index (χ1v) is 12.8. The molecule has 0 bridgehead atoms. The largest absolute Gasteiger partial charge is 0.303 e. The molecule has 0 saturated carbocycles. The quantitative estimate of drug-likeness (QED) is 0.173. The second kappa shape index (κ2) is 10.3. The van der Waals surface area contributed by atoms with E-state index in [4.69, 9.17) is 4.98 Å². The Balaban J connectivity index is 0.000000145. The van der Waals surface area contributed by atoms with Crippen LogP contribution in [0, 0.1) is 12.1 Å². The number of hydrogen-bond acceptors (Lipinski definition) is 3. The van der Waals surface area contributed by atoms with Gasteiger partial charge in [-0.25, -0.2) is 16.3 Å². The van der Waals surface area contributed by atoms with Gasteiger partial charge in [0, 0.05) is 32.0 Å². The fourth-order valence-electron chi connectivity index (χ4n) is 4.64. The Labute approximate surface area is 237 Å². The van der Waals surface area contributed by atoms with Crippen LogP contribution in [0.25, 0.3) is 54.2 Å². The minimum atomic E-state index is 0. The van der Waals surface area contributed by atoms with Crippen LogP contribution < -0.4 is 0 Å². The zero-order chi connectivity index (χ0) is 24.6. The van der Waals surface area contributed by atoms with Crippen molar-refractivity contribution in [3.8, 4) is 16.3 Å². The van der Waals surface area contributed by atoms with Gasteiger partial charge < -0.3 is 9.55 Å². The van der Waals surface area contributed by atoms with E-state index in [2.05, 4.69) is 92.8 Å². The topological polar surface area (TPSA) is 35.1 Å². The number of hydrogen-bond donors (Lipinski definition) is 0. The van der Waals surface area contributed by atoms with Gasteiger partial charge in [0.25, 0.3) is 0 Å². The number of pyridine rings is 1. The number of nitrogens with zero attached hydrogens (tertiary/aromatic N) is 4. The summed E-state index contributed by atoms with van der Waals surface area (Å²) in [4.78, 5) is 10.3. The van der Waals surface area contributed by atoms with Gasteiger partial charge in [-0.3, -0.25) is 4.40 Å². The van der Waals surface area contributed by atoms with E-state index in [-0.39, 0.29) is 20.1 Å². The first-order valence-electron chi connectivity index (χ1n) is 12.0. The average molecular weight is 685 g/mol. The predicted octanol–water partition coefficient (Wildman–Crippen LogP) is 7.99. The number of fused-ring (bicyclic) bond motifs is 6. The zero-order valence-corrected chi connectivity index (χ0v) is 23.3. The van der Waals surface area contributed by atoms with Crippen molar-refractivity contribution in [2.24, 2.45) is 0 Å². The third-order valence-electron chi connectivity index (χ3n) is 6.28. The molecule has 1 radical (unpaired) electrons. The number of imidazole rings is 2. The first kappa shape index (κ1) is 24.3. The summed E-state index contributed by atoms with van der Waals surface area (Å²) in [6.45, 7) is 0. The Morgan fingerprint density at radius 1 is 0.684 bits per heavy atom. The summed E-state index contributed by atoms with van der Waals surface area (Å²) in [7, 11) is 0. The maximum atomic E-state index is 4.83. The third kappa shape index (κ3) is 4.23. The zero-order valence-electron chi connectivity index (χ0n) is 20.1. The number of benzene rings is 4. The number of rotatable bonds is 2. The summed E-state index contributed by atoms with van der Waals surface area (Å²) in [6, 6.07) is 45.5. The van der Waals surface area contributed by atoms with Gasteiger partial charge in [0.1, 0.15) is 0 Å². The van der Waals surface area contributed by atoms with E-state index in [1.54, 1.807) is 11.3 Å². The van der Waals surface area contributed by atoms with Gasteiger partial charge in [0.05, 0.1) is 22.1 Å². The average Bonchev–Trinajstić information content (AvgIpc) is 3.65. The van der Waals surface area contributed by atoms with Crippen LogP contribution in [0.1, 0.15) is 0 Å². The van der Waals surface area contributed by atoms with Gasteiger partial charge in [-0.2, -0.15) is 24.3 Å². The summed E-state index contributed by atoms with van der Waals surface area (Å²) in [5.74, 6) is 0.921. The van der Waals surface area contributed by atoms with E-state index in [0.717, 1.165) is 44.1 Å². The van der Waals surface area contributed by atoms with Crippen molar-refractivity contribution < 1.29 is 20.1 Å². The van der Waals surface area contributed by atoms with Crippen LogP contribution >= 0.6 is 11.3 Å². The summed E-state index contributed by atoms with van der Waals surface area (Å²) < 4.78 is 5.64. The van der Waals surface area contributed by atoms with Gasteiger partial charge in [-0.05, 0) is 39.9 Å². The maximum absolute atomic E-state index is 4.83. The molecule has 0 aliphatic rings. The first-order chi connectivity index (χ1) is 18.4. The van der Waals surface area contributed by atoms with Crippen molar-refractivity contribution in [2.45, 2.75) is 0 Å². The molecule has 8 aromatic rings. The molecular weight excluding hydrogens is 665 g/mol. The van der Waals surface area contributed by atoms with E-state index in [1.165, 1.54) is 10.1 Å². The summed E-state index contributed by atoms with van der Waals surface area (Å²) in [5, 5.41) is 1.17. The van der Waals surface area contributed by atoms with E-state index < -0.39 is 0 Å². The molecule has 4 nitrogen and oxygen atoms in total. The molecule has 0 atom stereocenters. The molecule has 185 valence electrons. The molecule has 0 fully saturated rings. The SMILES string of the molecule is [Ir].[c-]1c(-c2ccccn2)sc2ccccc12.[c-]1ccccc1-n1c2ccccc2n2c3ccccc3nc12.